The molecule has 0 fully saturated rings. The van der Waals surface area contributed by atoms with Crippen LogP contribution in [0.3, 0.4) is 0 Å². The third kappa shape index (κ3) is 6.46. The predicted molar refractivity (Wildman–Crippen MR) is 175 cm³/mol. The maximum atomic E-state index is 12.9. The molecule has 0 unspecified atom stereocenters. The number of benzene rings is 2. The number of carbonyl (C=O) groups is 1. The molecule has 222 valence electrons. The highest BCUT2D eigenvalue weighted by Gasteiger charge is 2.43. The zero-order valence-corrected chi connectivity index (χ0v) is 26.2. The standard InChI is InChI=1S/C28H30B4N4O7S/c1-17-3-8-22(9-4-17)44(39,40)43-28(31,32)27(29,30)42-21-6-5-19(33-14-21)16-41-20-7-10-23-18(13-20)15-36(26(23)38)24-11-12-25(37)35(2)34-24/h3-14H,15-16,29-32H2,1-2H3. The smallest absolute Gasteiger partial charge is 0.296 e. The molecule has 0 atom stereocenters. The Morgan fingerprint density at radius 2 is 1.61 bits per heavy atom. The zero-order valence-electron chi connectivity index (χ0n) is 25.4. The Labute approximate surface area is 259 Å². The minimum Gasteiger partial charge on any atom is -0.502 e. The summed E-state index contributed by atoms with van der Waals surface area (Å²) in [4.78, 5) is 30.6. The number of carbonyl (C=O) groups excluding carboxylic acids is 1. The maximum absolute atomic E-state index is 12.9. The Hall–Kier alpha value is -4.29. The van der Waals surface area contributed by atoms with Crippen LogP contribution in [0.5, 0.6) is 11.5 Å². The number of anilines is 1. The van der Waals surface area contributed by atoms with Crippen LogP contribution in [0, 0.1) is 6.92 Å². The number of rotatable bonds is 10. The van der Waals surface area contributed by atoms with E-state index in [4.69, 9.17) is 13.7 Å². The fourth-order valence-corrected chi connectivity index (χ4v) is 5.78. The molecule has 0 radical (unpaired) electrons. The number of ether oxygens (including phenoxy) is 2. The first kappa shape index (κ1) is 31.1. The van der Waals surface area contributed by atoms with Gasteiger partial charge in [0.25, 0.3) is 21.6 Å². The lowest BCUT2D eigenvalue weighted by molar-refractivity contribution is 0.0995. The molecule has 11 nitrogen and oxygen atoms in total. The number of aromatic nitrogens is 3. The minimum atomic E-state index is -4.03. The summed E-state index contributed by atoms with van der Waals surface area (Å²) in [6, 6.07) is 18.1. The van der Waals surface area contributed by atoms with E-state index in [1.54, 1.807) is 74.0 Å². The van der Waals surface area contributed by atoms with Crippen molar-refractivity contribution < 1.29 is 26.9 Å². The van der Waals surface area contributed by atoms with Gasteiger partial charge in [0.15, 0.2) is 5.82 Å². The highest BCUT2D eigenvalue weighted by atomic mass is 32.2. The van der Waals surface area contributed by atoms with E-state index in [1.165, 1.54) is 40.9 Å². The van der Waals surface area contributed by atoms with E-state index in [0.717, 1.165) is 11.1 Å². The van der Waals surface area contributed by atoms with Crippen LogP contribution in [-0.4, -0.2) is 71.3 Å². The molecular formula is C28H30B4N4O7S. The zero-order chi connectivity index (χ0) is 31.9. The van der Waals surface area contributed by atoms with Crippen LogP contribution in [0.25, 0.3) is 0 Å². The summed E-state index contributed by atoms with van der Waals surface area (Å²) in [5.41, 5.74) is 2.67. The summed E-state index contributed by atoms with van der Waals surface area (Å²) in [7, 11) is 4.34. The van der Waals surface area contributed by atoms with Crippen LogP contribution in [0.4, 0.5) is 5.82 Å². The van der Waals surface area contributed by atoms with Crippen molar-refractivity contribution in [1.82, 2.24) is 14.8 Å². The van der Waals surface area contributed by atoms with Crippen molar-refractivity contribution in [3.8, 4) is 11.5 Å². The van der Waals surface area contributed by atoms with Gasteiger partial charge in [0, 0.05) is 24.1 Å². The second-order valence-electron chi connectivity index (χ2n) is 11.6. The van der Waals surface area contributed by atoms with Crippen LogP contribution < -0.4 is 19.9 Å². The molecule has 3 heterocycles. The molecule has 5 rings (SSSR count). The second-order valence-corrected chi connectivity index (χ2v) is 13.2. The molecule has 1 amide bonds. The lowest BCUT2D eigenvalue weighted by Gasteiger charge is -2.41. The number of pyridine rings is 1. The van der Waals surface area contributed by atoms with Crippen LogP contribution in [0.15, 0.2) is 82.6 Å². The fourth-order valence-electron chi connectivity index (χ4n) is 4.46. The topological polar surface area (TPSA) is 130 Å². The molecule has 0 saturated carbocycles. The molecule has 16 heteroatoms. The van der Waals surface area contributed by atoms with E-state index in [0.29, 0.717) is 35.1 Å². The normalized spacial score (nSPS) is 13.5. The van der Waals surface area contributed by atoms with Crippen molar-refractivity contribution in [2.45, 2.75) is 35.8 Å². The first-order chi connectivity index (χ1) is 20.6. The lowest BCUT2D eigenvalue weighted by Crippen LogP contribution is -2.62. The van der Waals surface area contributed by atoms with Gasteiger partial charge in [-0.3, -0.25) is 23.7 Å². The average Bonchev–Trinajstić information content (AvgIpc) is 3.29. The molecule has 1 aliphatic heterocycles. The van der Waals surface area contributed by atoms with Crippen LogP contribution in [-0.2, 0) is 34.5 Å². The van der Waals surface area contributed by atoms with Gasteiger partial charge in [-0.25, -0.2) is 4.68 Å². The summed E-state index contributed by atoms with van der Waals surface area (Å²) in [5, 5.41) is 1.91. The molecule has 4 aromatic rings. The van der Waals surface area contributed by atoms with Gasteiger partial charge in [0.1, 0.15) is 49.5 Å². The third-order valence-corrected chi connectivity index (χ3v) is 9.22. The molecule has 1 aliphatic rings. The Balaban J connectivity index is 1.20. The Bertz CT molecular complexity index is 1880. The number of aryl methyl sites for hydroxylation is 2. The third-order valence-electron chi connectivity index (χ3n) is 7.74. The summed E-state index contributed by atoms with van der Waals surface area (Å²) in [6.45, 7) is 2.36. The van der Waals surface area contributed by atoms with Gasteiger partial charge in [0.05, 0.1) is 28.7 Å². The summed E-state index contributed by atoms with van der Waals surface area (Å²) < 4.78 is 44.8. The molecular weight excluding hydrogens is 580 g/mol. The van der Waals surface area contributed by atoms with E-state index in [1.807, 2.05) is 13.0 Å². The van der Waals surface area contributed by atoms with Gasteiger partial charge in [-0.1, -0.05) is 17.7 Å². The number of hydrogen-bond donors (Lipinski definition) is 0. The van der Waals surface area contributed by atoms with Gasteiger partial charge in [-0.2, -0.15) is 13.5 Å². The predicted octanol–water partition coefficient (Wildman–Crippen LogP) is -1.15. The summed E-state index contributed by atoms with van der Waals surface area (Å²) in [6.07, 6.45) is 1.55. The van der Waals surface area contributed by atoms with Crippen molar-refractivity contribution in [2.75, 3.05) is 4.90 Å². The lowest BCUT2D eigenvalue weighted by atomic mass is 9.42. The van der Waals surface area contributed by atoms with Gasteiger partial charge in [-0.05, 0) is 61.0 Å². The van der Waals surface area contributed by atoms with Gasteiger partial charge in [-0.15, -0.1) is 0 Å². The number of hydrogen-bond acceptors (Lipinski definition) is 9. The molecule has 0 N–H and O–H groups in total. The molecule has 0 aliphatic carbocycles. The fraction of sp³-hybridized carbons (Fsp3) is 0.214. The largest absolute Gasteiger partial charge is 0.502 e. The van der Waals surface area contributed by atoms with Crippen molar-refractivity contribution >= 4 is 53.2 Å². The molecule has 0 spiro atoms. The van der Waals surface area contributed by atoms with E-state index in [2.05, 4.69) is 10.1 Å². The van der Waals surface area contributed by atoms with Crippen molar-refractivity contribution in [2.24, 2.45) is 7.05 Å². The highest BCUT2D eigenvalue weighted by molar-refractivity contribution is 7.86. The highest BCUT2D eigenvalue weighted by Crippen LogP contribution is 2.30. The molecule has 0 saturated heterocycles. The Morgan fingerprint density at radius 1 is 0.909 bits per heavy atom. The van der Waals surface area contributed by atoms with E-state index < -0.39 is 20.9 Å². The Morgan fingerprint density at radius 3 is 2.27 bits per heavy atom. The number of nitrogens with zero attached hydrogens (tertiary/aromatic N) is 4. The van der Waals surface area contributed by atoms with Crippen LogP contribution >= 0.6 is 0 Å². The molecule has 0 bridgehead atoms. The van der Waals surface area contributed by atoms with Gasteiger partial charge < -0.3 is 9.47 Å². The quantitative estimate of drug-likeness (QED) is 0.162. The number of amides is 1. The molecule has 2 aromatic heterocycles. The van der Waals surface area contributed by atoms with E-state index >= 15 is 0 Å². The van der Waals surface area contributed by atoms with Crippen molar-refractivity contribution in [3.63, 3.8) is 0 Å². The monoisotopic (exact) mass is 610 g/mol. The molecule has 2 aromatic carbocycles. The SMILES string of the molecule is BC(B)(Oc1ccc(COc2ccc3c(c2)CN(c2ccc(=O)n(C)n2)C3=O)nc1)C(B)(B)OS(=O)(=O)c1ccc(C)cc1. The summed E-state index contributed by atoms with van der Waals surface area (Å²) >= 11 is 0. The van der Waals surface area contributed by atoms with Crippen LogP contribution in [0.1, 0.15) is 27.2 Å². The van der Waals surface area contributed by atoms with Crippen molar-refractivity contribution in [3.05, 3.63) is 106 Å². The summed E-state index contributed by atoms with van der Waals surface area (Å²) in [5.74, 6) is 1.21. The van der Waals surface area contributed by atoms with E-state index in [9.17, 15) is 18.0 Å². The average molecular weight is 610 g/mol. The number of fused-ring (bicyclic) bond motifs is 1. The first-order valence-electron chi connectivity index (χ1n) is 13.9. The van der Waals surface area contributed by atoms with Crippen LogP contribution in [0.2, 0.25) is 0 Å². The van der Waals surface area contributed by atoms with Crippen molar-refractivity contribution in [1.29, 1.82) is 0 Å². The van der Waals surface area contributed by atoms with Gasteiger partial charge >= 0.3 is 0 Å². The minimum absolute atomic E-state index is 0.0755. The maximum Gasteiger partial charge on any atom is 0.296 e. The second kappa shape index (κ2) is 11.7. The van der Waals surface area contributed by atoms with E-state index in [-0.39, 0.29) is 23.0 Å². The Kier molecular flexibility index (Phi) is 8.25. The molecule has 44 heavy (non-hydrogen) atoms. The van der Waals surface area contributed by atoms with Gasteiger partial charge in [0.2, 0.25) is 0 Å². The first-order valence-corrected chi connectivity index (χ1v) is 15.3.